The van der Waals surface area contributed by atoms with E-state index in [1.54, 1.807) is 5.56 Å². The maximum atomic E-state index is 6.23. The standard InChI is InChI=1S/C29H29NO/c1-3-29(16-18-8-9-19(14-18)17-29)20-10-11-23-22(15-20)27-24(30(23)2)12-13-26-28(27)21-6-4-5-7-25(21)31-26/h4-7,10-13,15,18-19H,3,8-9,14,16-17H2,1-2H3. The number of rotatable bonds is 2. The maximum Gasteiger partial charge on any atom is 0.136 e. The number of benzene rings is 3. The predicted octanol–water partition coefficient (Wildman–Crippen LogP) is 8.09. The van der Waals surface area contributed by atoms with Crippen LogP contribution in [-0.2, 0) is 12.5 Å². The molecule has 2 bridgehead atoms. The lowest BCUT2D eigenvalue weighted by atomic mass is 9.64. The van der Waals surface area contributed by atoms with Gasteiger partial charge in [-0.3, -0.25) is 0 Å². The van der Waals surface area contributed by atoms with Crippen LogP contribution in [0.1, 0.15) is 51.0 Å². The van der Waals surface area contributed by atoms with Crippen LogP contribution in [0.2, 0.25) is 0 Å². The number of para-hydroxylation sites is 1. The van der Waals surface area contributed by atoms with Gasteiger partial charge in [0, 0.05) is 39.6 Å². The van der Waals surface area contributed by atoms with E-state index in [9.17, 15) is 0 Å². The number of aromatic nitrogens is 1. The average Bonchev–Trinajstić information content (AvgIpc) is 3.44. The minimum Gasteiger partial charge on any atom is -0.456 e. The van der Waals surface area contributed by atoms with Crippen molar-refractivity contribution in [3.63, 3.8) is 0 Å². The first-order valence-electron chi connectivity index (χ1n) is 12.0. The molecular weight excluding hydrogens is 378 g/mol. The predicted molar refractivity (Wildman–Crippen MR) is 130 cm³/mol. The lowest BCUT2D eigenvalue weighted by Gasteiger charge is -2.41. The molecule has 2 aliphatic carbocycles. The Kier molecular flexibility index (Phi) is 3.55. The molecule has 2 aliphatic rings. The van der Waals surface area contributed by atoms with E-state index in [2.05, 4.69) is 73.1 Å². The van der Waals surface area contributed by atoms with Crippen LogP contribution in [0.15, 0.2) is 59.0 Å². The fraction of sp³-hybridized carbons (Fsp3) is 0.379. The highest BCUT2D eigenvalue weighted by Gasteiger charge is 2.43. The molecule has 2 aromatic heterocycles. The Morgan fingerprint density at radius 2 is 1.65 bits per heavy atom. The molecule has 7 rings (SSSR count). The summed E-state index contributed by atoms with van der Waals surface area (Å²) >= 11 is 0. The summed E-state index contributed by atoms with van der Waals surface area (Å²) < 4.78 is 8.59. The van der Waals surface area contributed by atoms with E-state index in [1.807, 2.05) is 0 Å². The molecule has 2 heterocycles. The Bertz CT molecular complexity index is 1470. The summed E-state index contributed by atoms with van der Waals surface area (Å²) in [5.41, 5.74) is 6.50. The zero-order valence-electron chi connectivity index (χ0n) is 18.4. The molecule has 2 unspecified atom stereocenters. The van der Waals surface area contributed by atoms with E-state index >= 15 is 0 Å². The second kappa shape index (κ2) is 6.16. The van der Waals surface area contributed by atoms with Crippen LogP contribution in [0.3, 0.4) is 0 Å². The minimum atomic E-state index is 0.354. The minimum absolute atomic E-state index is 0.354. The van der Waals surface area contributed by atoms with Gasteiger partial charge < -0.3 is 8.98 Å². The highest BCUT2D eigenvalue weighted by molar-refractivity contribution is 6.27. The van der Waals surface area contributed by atoms with Crippen LogP contribution in [0.5, 0.6) is 0 Å². The second-order valence-corrected chi connectivity index (χ2v) is 10.3. The van der Waals surface area contributed by atoms with E-state index in [0.29, 0.717) is 5.41 Å². The highest BCUT2D eigenvalue weighted by atomic mass is 16.3. The summed E-state index contributed by atoms with van der Waals surface area (Å²) in [5, 5.41) is 5.23. The number of hydrogen-bond donors (Lipinski definition) is 0. The first kappa shape index (κ1) is 17.9. The van der Waals surface area contributed by atoms with Crippen molar-refractivity contribution in [2.45, 2.75) is 50.9 Å². The van der Waals surface area contributed by atoms with Crippen LogP contribution in [-0.4, -0.2) is 4.57 Å². The van der Waals surface area contributed by atoms with E-state index < -0.39 is 0 Å². The van der Waals surface area contributed by atoms with Gasteiger partial charge in [-0.15, -0.1) is 0 Å². The normalized spacial score (nSPS) is 26.0. The summed E-state index contributed by atoms with van der Waals surface area (Å²) in [5.74, 6) is 1.87. The lowest BCUT2D eigenvalue weighted by Crippen LogP contribution is -2.33. The average molecular weight is 408 g/mol. The fourth-order valence-electron chi connectivity index (χ4n) is 7.31. The molecule has 2 fully saturated rings. The summed E-state index contributed by atoms with van der Waals surface area (Å²) in [6.45, 7) is 2.42. The molecule has 2 nitrogen and oxygen atoms in total. The number of fused-ring (bicyclic) bond motifs is 9. The Hall–Kier alpha value is -2.74. The van der Waals surface area contributed by atoms with Gasteiger partial charge >= 0.3 is 0 Å². The van der Waals surface area contributed by atoms with Gasteiger partial charge in [0.15, 0.2) is 0 Å². The van der Waals surface area contributed by atoms with Crippen molar-refractivity contribution >= 4 is 43.7 Å². The smallest absolute Gasteiger partial charge is 0.136 e. The number of aryl methyl sites for hydroxylation is 1. The topological polar surface area (TPSA) is 18.1 Å². The highest BCUT2D eigenvalue weighted by Crippen LogP contribution is 2.54. The Balaban J connectivity index is 1.56. The van der Waals surface area contributed by atoms with Crippen molar-refractivity contribution in [3.8, 4) is 0 Å². The molecule has 156 valence electrons. The number of hydrogen-bond acceptors (Lipinski definition) is 1. The SMILES string of the molecule is CCC1(c2ccc3c(c2)c2c4c(ccc2n3C)oc2ccccc24)CC2CCC(C2)C1. The van der Waals surface area contributed by atoms with Crippen LogP contribution in [0.4, 0.5) is 0 Å². The lowest BCUT2D eigenvalue weighted by molar-refractivity contribution is 0.207. The van der Waals surface area contributed by atoms with Crippen molar-refractivity contribution in [3.05, 3.63) is 60.2 Å². The first-order chi connectivity index (χ1) is 15.2. The molecule has 0 saturated heterocycles. The molecule has 2 atom stereocenters. The van der Waals surface area contributed by atoms with Gasteiger partial charge in [0.2, 0.25) is 0 Å². The summed E-state index contributed by atoms with van der Waals surface area (Å²) in [4.78, 5) is 0. The molecule has 2 saturated carbocycles. The Morgan fingerprint density at radius 1 is 0.871 bits per heavy atom. The second-order valence-electron chi connectivity index (χ2n) is 10.3. The molecule has 0 N–H and O–H groups in total. The molecule has 5 aromatic rings. The molecule has 0 spiro atoms. The van der Waals surface area contributed by atoms with Gasteiger partial charge in [0.25, 0.3) is 0 Å². The van der Waals surface area contributed by atoms with Gasteiger partial charge in [-0.05, 0) is 78.8 Å². The van der Waals surface area contributed by atoms with Crippen molar-refractivity contribution in [1.29, 1.82) is 0 Å². The molecule has 31 heavy (non-hydrogen) atoms. The summed E-state index contributed by atoms with van der Waals surface area (Å²) in [6.07, 6.45) is 8.37. The largest absolute Gasteiger partial charge is 0.456 e. The third-order valence-corrected chi connectivity index (χ3v) is 8.81. The number of furan rings is 1. The molecule has 0 amide bonds. The van der Waals surface area contributed by atoms with E-state index in [-0.39, 0.29) is 0 Å². The zero-order valence-corrected chi connectivity index (χ0v) is 18.4. The Labute approximate surface area is 182 Å². The molecule has 2 heteroatoms. The number of nitrogens with zero attached hydrogens (tertiary/aromatic N) is 1. The quantitative estimate of drug-likeness (QED) is 0.289. The fourth-order valence-corrected chi connectivity index (χ4v) is 7.31. The van der Waals surface area contributed by atoms with Gasteiger partial charge in [-0.1, -0.05) is 44.0 Å². The molecular formula is C29H29NO. The third kappa shape index (κ3) is 2.34. The van der Waals surface area contributed by atoms with Gasteiger partial charge in [0.1, 0.15) is 11.2 Å². The summed E-state index contributed by atoms with van der Waals surface area (Å²) in [7, 11) is 2.20. The van der Waals surface area contributed by atoms with Gasteiger partial charge in [-0.2, -0.15) is 0 Å². The molecule has 0 aliphatic heterocycles. The summed E-state index contributed by atoms with van der Waals surface area (Å²) in [6, 6.07) is 20.2. The van der Waals surface area contributed by atoms with Crippen LogP contribution < -0.4 is 0 Å². The van der Waals surface area contributed by atoms with Gasteiger partial charge in [0.05, 0.1) is 0 Å². The van der Waals surface area contributed by atoms with Crippen LogP contribution in [0, 0.1) is 11.8 Å². The monoisotopic (exact) mass is 407 g/mol. The molecule has 3 aromatic carbocycles. The maximum absolute atomic E-state index is 6.23. The third-order valence-electron chi connectivity index (χ3n) is 8.81. The van der Waals surface area contributed by atoms with Crippen molar-refractivity contribution in [1.82, 2.24) is 4.57 Å². The van der Waals surface area contributed by atoms with Crippen LogP contribution >= 0.6 is 0 Å². The molecule has 0 radical (unpaired) electrons. The van der Waals surface area contributed by atoms with Crippen LogP contribution in [0.25, 0.3) is 43.7 Å². The van der Waals surface area contributed by atoms with Crippen molar-refractivity contribution < 1.29 is 4.42 Å². The van der Waals surface area contributed by atoms with Crippen molar-refractivity contribution in [2.24, 2.45) is 18.9 Å². The Morgan fingerprint density at radius 3 is 2.45 bits per heavy atom. The first-order valence-corrected chi connectivity index (χ1v) is 12.0. The van der Waals surface area contributed by atoms with E-state index in [0.717, 1.165) is 23.0 Å². The van der Waals surface area contributed by atoms with Gasteiger partial charge in [-0.25, -0.2) is 0 Å². The van der Waals surface area contributed by atoms with Crippen molar-refractivity contribution in [2.75, 3.05) is 0 Å². The van der Waals surface area contributed by atoms with E-state index in [4.69, 9.17) is 4.42 Å². The zero-order chi connectivity index (χ0) is 20.7. The van der Waals surface area contributed by atoms with E-state index in [1.165, 1.54) is 71.1 Å².